The van der Waals surface area contributed by atoms with Crippen LogP contribution in [0.2, 0.25) is 0 Å². The lowest BCUT2D eigenvalue weighted by Crippen LogP contribution is -2.55. The number of carbonyl (C=O) groups is 4. The zero-order chi connectivity index (χ0) is 41.2. The van der Waals surface area contributed by atoms with E-state index in [-0.39, 0.29) is 59.5 Å². The Balaban J connectivity index is 0.997. The molecule has 2 saturated carbocycles. The van der Waals surface area contributed by atoms with Gasteiger partial charge in [-0.3, -0.25) is 14.6 Å². The van der Waals surface area contributed by atoms with Gasteiger partial charge in [0.2, 0.25) is 11.8 Å². The molecule has 0 radical (unpaired) electrons. The molecule has 8 atom stereocenters. The number of amidine groups is 1. The minimum Gasteiger partial charge on any atom is -0.496 e. The normalized spacial score (nSPS) is 26.7. The maximum atomic E-state index is 14.0. The number of hydrazine groups is 1. The molecule has 3 fully saturated rings. The number of fused-ring (bicyclic) bond motifs is 2. The van der Waals surface area contributed by atoms with Gasteiger partial charge in [-0.25, -0.2) is 25.0 Å². The molecule has 5 aliphatic rings. The Morgan fingerprint density at radius 2 is 1.67 bits per heavy atom. The molecule has 2 aliphatic heterocycles. The molecule has 312 valence electrons. The van der Waals surface area contributed by atoms with Crippen molar-refractivity contribution in [2.24, 2.45) is 34.6 Å². The Labute approximate surface area is 340 Å². The number of nitrogens with one attached hydrogen (secondary N) is 4. The summed E-state index contributed by atoms with van der Waals surface area (Å²) in [6.45, 7) is 8.80. The van der Waals surface area contributed by atoms with Gasteiger partial charge in [0.05, 0.1) is 57.8 Å². The standard InChI is InChI=1S/C43H58N8O7/c1-23(2)37(48-42(54)57-6)41(53)50-18-8-9-33(50)38-44-22-32(46-38)27-16-17-30(34(20-27)56-5)25-10-12-26(13-11-25)31-21-45-39(47-31)35-28-14-15-29(19-28)36(35)40(52)51(24(3)4)49-43(55)58-7/h10-13,17,20-21,23-24,27-29,32-33,35-37H,8-9,14-16,18-19,22H2,1-7H3,(H,44,46)(H,45,47)(H,48,54)(H,49,55)/t27?,28?,29?,32?,33-,35?,36?,37-/m0/s1. The van der Waals surface area contributed by atoms with Crippen molar-refractivity contribution >= 4 is 35.4 Å². The number of hydrogen-bond donors (Lipinski definition) is 4. The van der Waals surface area contributed by atoms with Crippen molar-refractivity contribution in [2.45, 2.75) is 96.3 Å². The highest BCUT2D eigenvalue weighted by Gasteiger charge is 2.54. The predicted octanol–water partition coefficient (Wildman–Crippen LogP) is 5.39. The van der Waals surface area contributed by atoms with Gasteiger partial charge in [-0.2, -0.15) is 0 Å². The molecule has 6 unspecified atom stereocenters. The van der Waals surface area contributed by atoms with E-state index in [1.165, 1.54) is 19.2 Å². The maximum absolute atomic E-state index is 14.0. The largest absolute Gasteiger partial charge is 0.496 e. The number of ether oxygens (including phenoxy) is 3. The molecule has 2 bridgehead atoms. The van der Waals surface area contributed by atoms with Crippen LogP contribution in [0.25, 0.3) is 16.8 Å². The van der Waals surface area contributed by atoms with Crippen LogP contribution in [-0.4, -0.2) is 108 Å². The van der Waals surface area contributed by atoms with E-state index in [1.54, 1.807) is 7.11 Å². The average molecular weight is 799 g/mol. The van der Waals surface area contributed by atoms with Gasteiger partial charge in [0.25, 0.3) is 0 Å². The number of hydrogen-bond acceptors (Lipinski definition) is 10. The molecule has 3 aliphatic carbocycles. The number of rotatable bonds is 11. The van der Waals surface area contributed by atoms with Gasteiger partial charge in [-0.05, 0) is 87.3 Å². The molecule has 2 aromatic rings. The van der Waals surface area contributed by atoms with E-state index in [4.69, 9.17) is 24.2 Å². The van der Waals surface area contributed by atoms with Crippen molar-refractivity contribution in [1.29, 1.82) is 0 Å². The van der Waals surface area contributed by atoms with Crippen molar-refractivity contribution < 1.29 is 33.4 Å². The molecule has 3 heterocycles. The number of carbonyl (C=O) groups excluding carboxylic acids is 4. The number of aliphatic imine (C=N–C) groups is 1. The number of imidazole rings is 1. The third-order valence-electron chi connectivity index (χ3n) is 12.8. The number of amides is 4. The second-order valence-electron chi connectivity index (χ2n) is 16.8. The van der Waals surface area contributed by atoms with Crippen molar-refractivity contribution in [3.8, 4) is 11.3 Å². The van der Waals surface area contributed by atoms with Crippen LogP contribution in [0.15, 0.2) is 53.4 Å². The Morgan fingerprint density at radius 3 is 2.36 bits per heavy atom. The summed E-state index contributed by atoms with van der Waals surface area (Å²) in [5.74, 6) is 2.53. The molecule has 58 heavy (non-hydrogen) atoms. The van der Waals surface area contributed by atoms with Gasteiger partial charge in [-0.15, -0.1) is 0 Å². The average Bonchev–Trinajstić information content (AvgIpc) is 4.09. The van der Waals surface area contributed by atoms with Crippen LogP contribution in [0.4, 0.5) is 9.59 Å². The molecule has 15 nitrogen and oxygen atoms in total. The third-order valence-corrected chi connectivity index (χ3v) is 12.8. The quantitative estimate of drug-likeness (QED) is 0.217. The Kier molecular flexibility index (Phi) is 12.1. The first-order chi connectivity index (χ1) is 27.9. The molecule has 1 aromatic carbocycles. The first-order valence-electron chi connectivity index (χ1n) is 20.7. The van der Waals surface area contributed by atoms with Crippen molar-refractivity contribution in [2.75, 3.05) is 34.4 Å². The van der Waals surface area contributed by atoms with E-state index in [2.05, 4.69) is 57.5 Å². The van der Waals surface area contributed by atoms with Crippen LogP contribution in [0.3, 0.4) is 0 Å². The first kappa shape index (κ1) is 40.8. The van der Waals surface area contributed by atoms with Gasteiger partial charge in [0, 0.05) is 30.0 Å². The third kappa shape index (κ3) is 8.04. The van der Waals surface area contributed by atoms with Crippen molar-refractivity contribution in [3.63, 3.8) is 0 Å². The number of alkyl carbamates (subject to hydrolysis) is 1. The van der Waals surface area contributed by atoms with Crippen LogP contribution in [0, 0.1) is 29.6 Å². The summed E-state index contributed by atoms with van der Waals surface area (Å²) < 4.78 is 15.5. The lowest BCUT2D eigenvalue weighted by Gasteiger charge is -2.35. The zero-order valence-corrected chi connectivity index (χ0v) is 34.6. The van der Waals surface area contributed by atoms with E-state index in [0.717, 1.165) is 78.3 Å². The number of aromatic nitrogens is 2. The molecule has 1 saturated heterocycles. The number of nitrogens with zero attached hydrogens (tertiary/aromatic N) is 4. The molecular weight excluding hydrogens is 741 g/mol. The molecule has 1 aromatic heterocycles. The molecule has 4 N–H and O–H groups in total. The van der Waals surface area contributed by atoms with Gasteiger partial charge in [0.1, 0.15) is 23.5 Å². The second-order valence-corrected chi connectivity index (χ2v) is 16.8. The van der Waals surface area contributed by atoms with Gasteiger partial charge in [0.15, 0.2) is 0 Å². The minimum absolute atomic E-state index is 0.0577. The van der Waals surface area contributed by atoms with Crippen LogP contribution >= 0.6 is 0 Å². The van der Waals surface area contributed by atoms with Crippen molar-refractivity contribution in [3.05, 3.63) is 59.8 Å². The van der Waals surface area contributed by atoms with E-state index in [0.29, 0.717) is 19.0 Å². The van der Waals surface area contributed by atoms with Gasteiger partial charge < -0.3 is 34.7 Å². The van der Waals surface area contributed by atoms with Crippen LogP contribution < -0.4 is 16.1 Å². The fourth-order valence-electron chi connectivity index (χ4n) is 9.81. The van der Waals surface area contributed by atoms with E-state index in [1.807, 2.05) is 38.8 Å². The Morgan fingerprint density at radius 1 is 0.948 bits per heavy atom. The van der Waals surface area contributed by atoms with Crippen LogP contribution in [0.1, 0.15) is 83.5 Å². The topological polar surface area (TPSA) is 180 Å². The van der Waals surface area contributed by atoms with E-state index >= 15 is 0 Å². The molecular formula is C43H58N8O7. The molecule has 7 rings (SSSR count). The second kappa shape index (κ2) is 17.3. The van der Waals surface area contributed by atoms with Gasteiger partial charge >= 0.3 is 12.2 Å². The summed E-state index contributed by atoms with van der Waals surface area (Å²) in [5, 5.41) is 7.79. The maximum Gasteiger partial charge on any atom is 0.425 e. The SMILES string of the molecule is COC(=O)N[C@H](C(=O)N1CCC[C@H]1C1=NCC(C2C=C(OC)C(c3ccc(-c4cnc(C5C6CCC(C6)C5C(=O)N(NC(=O)OC)C(C)C)[nH]4)cc3)=CC2)N1)C(C)C. The Hall–Kier alpha value is -5.34. The van der Waals surface area contributed by atoms with Gasteiger partial charge in [-0.1, -0.05) is 44.2 Å². The zero-order valence-electron chi connectivity index (χ0n) is 34.6. The molecule has 4 amide bonds. The fraction of sp³-hybridized carbons (Fsp3) is 0.581. The number of methoxy groups -OCH3 is 3. The number of H-pyrrole nitrogens is 1. The lowest BCUT2D eigenvalue weighted by molar-refractivity contribution is -0.143. The fourth-order valence-corrected chi connectivity index (χ4v) is 9.81. The number of allylic oxidation sites excluding steroid dienone is 2. The summed E-state index contributed by atoms with van der Waals surface area (Å²) in [5.41, 5.74) is 6.57. The number of likely N-dealkylation sites (tertiary alicyclic amines) is 1. The van der Waals surface area contributed by atoms with E-state index < -0.39 is 18.2 Å². The van der Waals surface area contributed by atoms with Crippen LogP contribution in [-0.2, 0) is 23.8 Å². The predicted molar refractivity (Wildman–Crippen MR) is 218 cm³/mol. The molecule has 15 heteroatoms. The summed E-state index contributed by atoms with van der Waals surface area (Å²) in [4.78, 5) is 66.8. The summed E-state index contributed by atoms with van der Waals surface area (Å²) in [6.07, 6.45) is 10.5. The minimum atomic E-state index is -0.677. The highest BCUT2D eigenvalue weighted by Crippen LogP contribution is 2.56. The lowest BCUT2D eigenvalue weighted by atomic mass is 9.78. The smallest absolute Gasteiger partial charge is 0.425 e. The monoisotopic (exact) mass is 798 g/mol. The highest BCUT2D eigenvalue weighted by atomic mass is 16.5. The Bertz CT molecular complexity index is 1950. The summed E-state index contributed by atoms with van der Waals surface area (Å²) in [7, 11) is 4.29. The summed E-state index contributed by atoms with van der Waals surface area (Å²) in [6, 6.07) is 7.34. The van der Waals surface area contributed by atoms with E-state index in [9.17, 15) is 19.2 Å². The number of aromatic amines is 1. The van der Waals surface area contributed by atoms with Crippen molar-refractivity contribution in [1.82, 2.24) is 35.9 Å². The highest BCUT2D eigenvalue weighted by molar-refractivity contribution is 5.95. The van der Waals surface area contributed by atoms with Crippen LogP contribution in [0.5, 0.6) is 0 Å². The summed E-state index contributed by atoms with van der Waals surface area (Å²) >= 11 is 0. The molecule has 0 spiro atoms. The first-order valence-corrected chi connectivity index (χ1v) is 20.7. The number of benzene rings is 1.